The highest BCUT2D eigenvalue weighted by Crippen LogP contribution is 2.25. The van der Waals surface area contributed by atoms with Crippen molar-refractivity contribution in [1.29, 1.82) is 0 Å². The number of hydrogen-bond donors (Lipinski definition) is 1. The van der Waals surface area contributed by atoms with Crippen molar-refractivity contribution in [3.8, 4) is 0 Å². The fraction of sp³-hybridized carbons (Fsp3) is 0.462. The number of rotatable bonds is 4. The van der Waals surface area contributed by atoms with Gasteiger partial charge in [-0.2, -0.15) is 11.8 Å². The topological polar surface area (TPSA) is 83.7 Å². The summed E-state index contributed by atoms with van der Waals surface area (Å²) < 4.78 is 0. The third-order valence-corrected chi connectivity index (χ3v) is 4.61. The lowest BCUT2D eigenvalue weighted by molar-refractivity contribution is -0.385. The molecule has 1 N–H and O–H groups in total. The molecule has 0 radical (unpaired) electrons. The van der Waals surface area contributed by atoms with Crippen molar-refractivity contribution in [3.63, 3.8) is 0 Å². The molecule has 20 heavy (non-hydrogen) atoms. The summed E-state index contributed by atoms with van der Waals surface area (Å²) in [5.74, 6) is 0.755. The maximum absolute atomic E-state index is 11.3. The number of aromatic carboxylic acids is 1. The van der Waals surface area contributed by atoms with E-state index in [9.17, 15) is 20.0 Å². The summed E-state index contributed by atoms with van der Waals surface area (Å²) in [6, 6.07) is 4.78. The molecule has 2 rings (SSSR count). The van der Waals surface area contributed by atoms with Gasteiger partial charge in [-0.05, 0) is 12.5 Å². The number of nitro groups is 1. The second-order valence-electron chi connectivity index (χ2n) is 4.77. The predicted octanol–water partition coefficient (Wildman–Crippen LogP) is 2.23. The molecule has 1 heterocycles. The molecule has 1 aromatic rings. The minimum Gasteiger partial charge on any atom is -0.477 e. The number of carboxylic acid groups (broad SMARTS) is 1. The van der Waals surface area contributed by atoms with Crippen molar-refractivity contribution >= 4 is 23.4 Å². The zero-order valence-electron chi connectivity index (χ0n) is 11.1. The first-order chi connectivity index (χ1) is 9.50. The molecule has 0 spiro atoms. The molecular weight excluding hydrogens is 280 g/mol. The van der Waals surface area contributed by atoms with Crippen LogP contribution in [0, 0.1) is 10.1 Å². The Balaban J connectivity index is 2.33. The Morgan fingerprint density at radius 3 is 2.95 bits per heavy atom. The van der Waals surface area contributed by atoms with Gasteiger partial charge in [0.25, 0.3) is 5.69 Å². The molecule has 1 fully saturated rings. The highest BCUT2D eigenvalue weighted by atomic mass is 32.2. The monoisotopic (exact) mass is 296 g/mol. The molecule has 1 aliphatic heterocycles. The fourth-order valence-electron chi connectivity index (χ4n) is 2.33. The molecule has 0 aliphatic carbocycles. The Labute approximate surface area is 120 Å². The average Bonchev–Trinajstić information content (AvgIpc) is 2.40. The van der Waals surface area contributed by atoms with E-state index in [0.717, 1.165) is 18.1 Å². The van der Waals surface area contributed by atoms with Gasteiger partial charge in [0.05, 0.1) is 4.92 Å². The zero-order valence-corrected chi connectivity index (χ0v) is 11.9. The van der Waals surface area contributed by atoms with Crippen LogP contribution in [0.25, 0.3) is 0 Å². The average molecular weight is 296 g/mol. The molecule has 1 saturated heterocycles. The lowest BCUT2D eigenvalue weighted by Gasteiger charge is -2.33. The van der Waals surface area contributed by atoms with E-state index in [1.807, 2.05) is 11.8 Å². The van der Waals surface area contributed by atoms with Gasteiger partial charge < -0.3 is 5.11 Å². The van der Waals surface area contributed by atoms with Gasteiger partial charge in [0, 0.05) is 36.7 Å². The van der Waals surface area contributed by atoms with Crippen molar-refractivity contribution in [2.45, 2.75) is 19.5 Å². The third kappa shape index (κ3) is 3.10. The molecule has 108 valence electrons. The van der Waals surface area contributed by atoms with E-state index >= 15 is 0 Å². The Morgan fingerprint density at radius 1 is 1.60 bits per heavy atom. The fourth-order valence-corrected chi connectivity index (χ4v) is 3.41. The van der Waals surface area contributed by atoms with E-state index < -0.39 is 10.9 Å². The summed E-state index contributed by atoms with van der Waals surface area (Å²) in [6.07, 6.45) is 0. The maximum Gasteiger partial charge on any atom is 0.343 e. The predicted molar refractivity (Wildman–Crippen MR) is 77.3 cm³/mol. The summed E-state index contributed by atoms with van der Waals surface area (Å²) in [4.78, 5) is 23.8. The SMILES string of the molecule is CC1CSCCN1Cc1cccc([N+](=O)[O-])c1C(=O)O. The number of carboxylic acids is 1. The van der Waals surface area contributed by atoms with Crippen molar-refractivity contribution in [3.05, 3.63) is 39.4 Å². The lowest BCUT2D eigenvalue weighted by atomic mass is 10.0. The van der Waals surface area contributed by atoms with Gasteiger partial charge in [-0.1, -0.05) is 12.1 Å². The summed E-state index contributed by atoms with van der Waals surface area (Å²) in [7, 11) is 0. The lowest BCUT2D eigenvalue weighted by Crippen LogP contribution is -2.40. The number of carbonyl (C=O) groups is 1. The van der Waals surface area contributed by atoms with E-state index in [1.165, 1.54) is 6.07 Å². The molecule has 1 aromatic carbocycles. The van der Waals surface area contributed by atoms with Crippen LogP contribution >= 0.6 is 11.8 Å². The van der Waals surface area contributed by atoms with Gasteiger partial charge in [-0.3, -0.25) is 15.0 Å². The number of hydrogen-bond acceptors (Lipinski definition) is 5. The standard InChI is InChI=1S/C13H16N2O4S/c1-9-8-20-6-5-14(9)7-10-3-2-4-11(15(18)19)12(10)13(16)17/h2-4,9H,5-8H2,1H3,(H,16,17). The first kappa shape index (κ1) is 14.8. The van der Waals surface area contributed by atoms with Crippen molar-refractivity contribution in [2.24, 2.45) is 0 Å². The zero-order chi connectivity index (χ0) is 14.7. The molecule has 1 unspecified atom stereocenters. The van der Waals surface area contributed by atoms with Crippen LogP contribution in [0.3, 0.4) is 0 Å². The van der Waals surface area contributed by atoms with Crippen LogP contribution in [0.5, 0.6) is 0 Å². The number of benzene rings is 1. The van der Waals surface area contributed by atoms with E-state index in [2.05, 4.69) is 11.8 Å². The van der Waals surface area contributed by atoms with Crippen LogP contribution < -0.4 is 0 Å². The Kier molecular flexibility index (Phi) is 4.61. The minimum atomic E-state index is -1.24. The summed E-state index contributed by atoms with van der Waals surface area (Å²) in [5.41, 5.74) is -0.0255. The number of thioether (sulfide) groups is 1. The van der Waals surface area contributed by atoms with Gasteiger partial charge in [-0.25, -0.2) is 4.79 Å². The number of nitro benzene ring substituents is 1. The molecule has 1 atom stereocenters. The molecule has 0 aromatic heterocycles. The molecule has 6 nitrogen and oxygen atoms in total. The van der Waals surface area contributed by atoms with Crippen LogP contribution in [0.2, 0.25) is 0 Å². The van der Waals surface area contributed by atoms with E-state index in [1.54, 1.807) is 12.1 Å². The smallest absolute Gasteiger partial charge is 0.343 e. The summed E-state index contributed by atoms with van der Waals surface area (Å²) in [5, 5.41) is 20.2. The normalized spacial score (nSPS) is 19.8. The highest BCUT2D eigenvalue weighted by Gasteiger charge is 2.26. The molecule has 7 heteroatoms. The maximum atomic E-state index is 11.3. The van der Waals surface area contributed by atoms with Gasteiger partial charge >= 0.3 is 5.97 Å². The molecular formula is C13H16N2O4S. The molecule has 0 amide bonds. The second kappa shape index (κ2) is 6.23. The van der Waals surface area contributed by atoms with Crippen LogP contribution in [0.4, 0.5) is 5.69 Å². The first-order valence-electron chi connectivity index (χ1n) is 6.32. The van der Waals surface area contributed by atoms with E-state index in [0.29, 0.717) is 18.2 Å². The summed E-state index contributed by atoms with van der Waals surface area (Å²) >= 11 is 1.87. The molecule has 0 bridgehead atoms. The second-order valence-corrected chi connectivity index (χ2v) is 5.92. The summed E-state index contributed by atoms with van der Waals surface area (Å²) in [6.45, 7) is 3.39. The van der Waals surface area contributed by atoms with Crippen LogP contribution in [-0.2, 0) is 6.54 Å². The quantitative estimate of drug-likeness (QED) is 0.677. The minimum absolute atomic E-state index is 0.192. The Morgan fingerprint density at radius 2 is 2.35 bits per heavy atom. The van der Waals surface area contributed by atoms with Gasteiger partial charge in [0.1, 0.15) is 5.56 Å². The molecule has 0 saturated carbocycles. The van der Waals surface area contributed by atoms with E-state index in [4.69, 9.17) is 0 Å². The largest absolute Gasteiger partial charge is 0.477 e. The van der Waals surface area contributed by atoms with Gasteiger partial charge in [-0.15, -0.1) is 0 Å². The van der Waals surface area contributed by atoms with Gasteiger partial charge in [0.15, 0.2) is 0 Å². The van der Waals surface area contributed by atoms with Gasteiger partial charge in [0.2, 0.25) is 0 Å². The number of nitrogens with zero attached hydrogens (tertiary/aromatic N) is 2. The molecule has 1 aliphatic rings. The van der Waals surface area contributed by atoms with Crippen molar-refractivity contribution < 1.29 is 14.8 Å². The van der Waals surface area contributed by atoms with Crippen molar-refractivity contribution in [2.75, 3.05) is 18.1 Å². The van der Waals surface area contributed by atoms with Crippen LogP contribution in [-0.4, -0.2) is 45.0 Å². The Hall–Kier alpha value is -1.60. The first-order valence-corrected chi connectivity index (χ1v) is 7.47. The Bertz CT molecular complexity index is 535. The van der Waals surface area contributed by atoms with Crippen LogP contribution in [0.1, 0.15) is 22.8 Å². The highest BCUT2D eigenvalue weighted by molar-refractivity contribution is 7.99. The van der Waals surface area contributed by atoms with Crippen molar-refractivity contribution in [1.82, 2.24) is 4.90 Å². The van der Waals surface area contributed by atoms with E-state index in [-0.39, 0.29) is 11.3 Å². The van der Waals surface area contributed by atoms with Crippen LogP contribution in [0.15, 0.2) is 18.2 Å². The third-order valence-electron chi connectivity index (χ3n) is 3.42.